The Morgan fingerprint density at radius 3 is 2.86 bits per heavy atom. The van der Waals surface area contributed by atoms with E-state index in [9.17, 15) is 0 Å². The maximum absolute atomic E-state index is 4.60. The van der Waals surface area contributed by atoms with Crippen molar-refractivity contribution in [3.05, 3.63) is 0 Å². The van der Waals surface area contributed by atoms with E-state index in [1.54, 1.807) is 0 Å². The van der Waals surface area contributed by atoms with E-state index in [1.807, 2.05) is 11.8 Å². The van der Waals surface area contributed by atoms with Crippen molar-refractivity contribution in [3.8, 4) is 0 Å². The summed E-state index contributed by atoms with van der Waals surface area (Å²) in [5.41, 5.74) is 0. The number of likely N-dealkylation sites (N-methyl/N-ethyl adjacent to an activating group) is 1. The molecule has 2 atom stereocenters. The van der Waals surface area contributed by atoms with E-state index in [4.69, 9.17) is 0 Å². The average molecular weight is 215 g/mol. The van der Waals surface area contributed by atoms with Gasteiger partial charge in [-0.3, -0.25) is 4.99 Å². The lowest BCUT2D eigenvalue weighted by atomic mass is 10.3. The standard InChI is InChI=1S/C10H21N3S/c1-5-9-7-14-10(12-9)11-8(2)6-13(3)4/h8-9H,5-7H2,1-4H3,(H,11,12). The Kier molecular flexibility index (Phi) is 4.75. The monoisotopic (exact) mass is 215 g/mol. The summed E-state index contributed by atoms with van der Waals surface area (Å²) in [5, 5.41) is 4.58. The molecule has 82 valence electrons. The lowest BCUT2D eigenvalue weighted by Crippen LogP contribution is -2.37. The van der Waals surface area contributed by atoms with Crippen molar-refractivity contribution in [1.82, 2.24) is 10.2 Å². The van der Waals surface area contributed by atoms with Gasteiger partial charge < -0.3 is 10.2 Å². The first-order valence-corrected chi connectivity index (χ1v) is 6.22. The Morgan fingerprint density at radius 1 is 1.64 bits per heavy atom. The van der Waals surface area contributed by atoms with E-state index < -0.39 is 0 Å². The fourth-order valence-electron chi connectivity index (χ4n) is 1.51. The molecular formula is C10H21N3S. The fourth-order valence-corrected chi connectivity index (χ4v) is 2.68. The molecule has 0 aromatic carbocycles. The predicted molar refractivity (Wildman–Crippen MR) is 65.1 cm³/mol. The van der Waals surface area contributed by atoms with Crippen LogP contribution in [0.25, 0.3) is 0 Å². The highest BCUT2D eigenvalue weighted by Gasteiger charge is 2.17. The Balaban J connectivity index is 2.30. The molecule has 4 heteroatoms. The Labute approximate surface area is 91.3 Å². The van der Waals surface area contributed by atoms with Crippen LogP contribution in [0.4, 0.5) is 0 Å². The first-order chi connectivity index (χ1) is 6.61. The number of thioether (sulfide) groups is 1. The van der Waals surface area contributed by atoms with Gasteiger partial charge in [0.1, 0.15) is 0 Å². The number of nitrogens with one attached hydrogen (secondary N) is 1. The maximum Gasteiger partial charge on any atom is 0.157 e. The molecule has 0 saturated heterocycles. The molecule has 0 spiro atoms. The fraction of sp³-hybridized carbons (Fsp3) is 0.900. The van der Waals surface area contributed by atoms with Gasteiger partial charge in [-0.2, -0.15) is 0 Å². The Hall–Kier alpha value is -0.220. The summed E-state index contributed by atoms with van der Waals surface area (Å²) in [7, 11) is 4.19. The third kappa shape index (κ3) is 3.88. The van der Waals surface area contributed by atoms with Gasteiger partial charge in [0.25, 0.3) is 0 Å². The van der Waals surface area contributed by atoms with E-state index in [1.165, 1.54) is 0 Å². The third-order valence-electron chi connectivity index (χ3n) is 2.19. The first-order valence-electron chi connectivity index (χ1n) is 5.23. The summed E-state index contributed by atoms with van der Waals surface area (Å²) >= 11 is 1.85. The molecule has 1 rings (SSSR count). The van der Waals surface area contributed by atoms with Gasteiger partial charge in [0, 0.05) is 18.3 Å². The van der Waals surface area contributed by atoms with Gasteiger partial charge in [-0.1, -0.05) is 18.7 Å². The van der Waals surface area contributed by atoms with Crippen LogP contribution >= 0.6 is 11.8 Å². The highest BCUT2D eigenvalue weighted by atomic mass is 32.2. The van der Waals surface area contributed by atoms with Gasteiger partial charge in [-0.25, -0.2) is 0 Å². The highest BCUT2D eigenvalue weighted by molar-refractivity contribution is 8.14. The molecule has 1 heterocycles. The van der Waals surface area contributed by atoms with Crippen molar-refractivity contribution < 1.29 is 0 Å². The van der Waals surface area contributed by atoms with Crippen LogP contribution in [0.1, 0.15) is 20.3 Å². The SMILES string of the molecule is CCC1CSC(NC(C)CN(C)C)=N1. The molecule has 0 aromatic heterocycles. The molecule has 0 aromatic rings. The minimum Gasteiger partial charge on any atom is -0.361 e. The molecule has 3 nitrogen and oxygen atoms in total. The van der Waals surface area contributed by atoms with Gasteiger partial charge in [-0.05, 0) is 27.4 Å². The molecule has 14 heavy (non-hydrogen) atoms. The normalized spacial score (nSPS) is 23.8. The van der Waals surface area contributed by atoms with Gasteiger partial charge in [0.15, 0.2) is 5.17 Å². The summed E-state index contributed by atoms with van der Waals surface area (Å²) in [6.07, 6.45) is 1.15. The second-order valence-electron chi connectivity index (χ2n) is 4.11. The molecule has 1 aliphatic rings. The summed E-state index contributed by atoms with van der Waals surface area (Å²) < 4.78 is 0. The number of amidine groups is 1. The molecule has 0 radical (unpaired) electrons. The zero-order chi connectivity index (χ0) is 10.6. The lowest BCUT2D eigenvalue weighted by molar-refractivity contribution is 0.370. The maximum atomic E-state index is 4.60. The molecule has 0 saturated carbocycles. The Morgan fingerprint density at radius 2 is 2.36 bits per heavy atom. The van der Waals surface area contributed by atoms with Gasteiger partial charge in [0.2, 0.25) is 0 Å². The quantitative estimate of drug-likeness (QED) is 0.768. The summed E-state index contributed by atoms with van der Waals surface area (Å²) in [6.45, 7) is 5.44. The molecular weight excluding hydrogens is 194 g/mol. The summed E-state index contributed by atoms with van der Waals surface area (Å²) in [4.78, 5) is 6.79. The van der Waals surface area contributed by atoms with E-state index in [0.717, 1.165) is 23.9 Å². The van der Waals surface area contributed by atoms with Crippen molar-refractivity contribution in [3.63, 3.8) is 0 Å². The zero-order valence-corrected chi connectivity index (χ0v) is 10.4. The summed E-state index contributed by atoms with van der Waals surface area (Å²) in [6, 6.07) is 1.01. The van der Waals surface area contributed by atoms with Gasteiger partial charge >= 0.3 is 0 Å². The zero-order valence-electron chi connectivity index (χ0n) is 9.58. The molecule has 1 aliphatic heterocycles. The third-order valence-corrected chi connectivity index (χ3v) is 3.24. The number of rotatable bonds is 4. The molecule has 0 aliphatic carbocycles. The Bertz CT molecular complexity index is 204. The van der Waals surface area contributed by atoms with Crippen molar-refractivity contribution in [2.24, 2.45) is 4.99 Å². The topological polar surface area (TPSA) is 27.6 Å². The van der Waals surface area contributed by atoms with Crippen molar-refractivity contribution in [2.75, 3.05) is 26.4 Å². The van der Waals surface area contributed by atoms with Crippen LogP contribution in [0.3, 0.4) is 0 Å². The second kappa shape index (κ2) is 5.61. The lowest BCUT2D eigenvalue weighted by Gasteiger charge is -2.18. The van der Waals surface area contributed by atoms with Crippen LogP contribution < -0.4 is 5.32 Å². The van der Waals surface area contributed by atoms with Crippen molar-refractivity contribution >= 4 is 16.9 Å². The highest BCUT2D eigenvalue weighted by Crippen LogP contribution is 2.18. The largest absolute Gasteiger partial charge is 0.361 e. The average Bonchev–Trinajstić information content (AvgIpc) is 2.50. The smallest absolute Gasteiger partial charge is 0.157 e. The molecule has 2 unspecified atom stereocenters. The minimum absolute atomic E-state index is 0.479. The van der Waals surface area contributed by atoms with Crippen LogP contribution in [0.2, 0.25) is 0 Å². The van der Waals surface area contributed by atoms with Gasteiger partial charge in [0.05, 0.1) is 6.04 Å². The van der Waals surface area contributed by atoms with E-state index >= 15 is 0 Å². The van der Waals surface area contributed by atoms with Crippen molar-refractivity contribution in [1.29, 1.82) is 0 Å². The van der Waals surface area contributed by atoms with E-state index in [0.29, 0.717) is 12.1 Å². The predicted octanol–water partition coefficient (Wildman–Crippen LogP) is 1.41. The van der Waals surface area contributed by atoms with Crippen molar-refractivity contribution in [2.45, 2.75) is 32.4 Å². The number of hydrogen-bond donors (Lipinski definition) is 1. The molecule has 1 N–H and O–H groups in total. The van der Waals surface area contributed by atoms with Crippen LogP contribution in [-0.4, -0.2) is 48.5 Å². The molecule has 0 fully saturated rings. The van der Waals surface area contributed by atoms with Crippen LogP contribution in [0, 0.1) is 0 Å². The molecule has 0 bridgehead atoms. The van der Waals surface area contributed by atoms with Gasteiger partial charge in [-0.15, -0.1) is 0 Å². The van der Waals surface area contributed by atoms with Crippen LogP contribution in [0.15, 0.2) is 4.99 Å². The second-order valence-corrected chi connectivity index (χ2v) is 5.12. The number of aliphatic imine (C=N–C) groups is 1. The first kappa shape index (κ1) is 11.9. The minimum atomic E-state index is 0.479. The molecule has 0 amide bonds. The van der Waals surface area contributed by atoms with E-state index in [-0.39, 0.29) is 0 Å². The van der Waals surface area contributed by atoms with Crippen LogP contribution in [-0.2, 0) is 0 Å². The van der Waals surface area contributed by atoms with E-state index in [2.05, 4.69) is 43.2 Å². The summed E-state index contributed by atoms with van der Waals surface area (Å²) in [5.74, 6) is 1.15. The number of hydrogen-bond acceptors (Lipinski definition) is 4. The number of nitrogens with zero attached hydrogens (tertiary/aromatic N) is 2. The van der Waals surface area contributed by atoms with Crippen LogP contribution in [0.5, 0.6) is 0 Å².